The van der Waals surface area contributed by atoms with Crippen molar-refractivity contribution >= 4 is 30.3 Å². The van der Waals surface area contributed by atoms with Crippen LogP contribution in [-0.4, -0.2) is 46.8 Å². The third-order valence-corrected chi connectivity index (χ3v) is 8.54. The molecule has 2 aliphatic rings. The van der Waals surface area contributed by atoms with Gasteiger partial charge in [0.15, 0.2) is 5.82 Å². The fourth-order valence-electron chi connectivity index (χ4n) is 4.71. The Bertz CT molecular complexity index is 1190. The van der Waals surface area contributed by atoms with Crippen LogP contribution in [0.2, 0.25) is 0 Å². The van der Waals surface area contributed by atoms with Crippen LogP contribution in [0.3, 0.4) is 0 Å². The summed E-state index contributed by atoms with van der Waals surface area (Å²) in [6.45, 7) is 11.7. The molecule has 2 unspecified atom stereocenters. The maximum atomic E-state index is 12.8. The molecule has 4 rings (SSSR count). The molecule has 36 heavy (non-hydrogen) atoms. The molecular formula is C27H39N4O4P. The first-order valence-corrected chi connectivity index (χ1v) is 15.4. The molecule has 0 bridgehead atoms. The van der Waals surface area contributed by atoms with Gasteiger partial charge in [0.2, 0.25) is 5.91 Å². The summed E-state index contributed by atoms with van der Waals surface area (Å²) in [5.74, 6) is 0.537. The standard InChI is InChI=1S/C27H39N4O4P/c1-26(2,3)31-22(19-10-11-20(16-19)35-25(33)29-27(4)12-13-27)17-23(30-31)28-24(32)15-18-8-7-9-21(14-18)36(5,6)34/h7-9,14,17,19-20H,10-13,15-16H2,1-6H3,(H,29,33)(H,28,30,32). The highest BCUT2D eigenvalue weighted by Crippen LogP contribution is 2.39. The van der Waals surface area contributed by atoms with Gasteiger partial charge in [0, 0.05) is 28.5 Å². The number of carbonyl (C=O) groups excluding carboxylic acids is 2. The molecule has 0 radical (unpaired) electrons. The van der Waals surface area contributed by atoms with Crippen LogP contribution in [0.15, 0.2) is 30.3 Å². The zero-order valence-corrected chi connectivity index (χ0v) is 23.2. The zero-order chi connectivity index (χ0) is 26.3. The Morgan fingerprint density at radius 1 is 1.19 bits per heavy atom. The average molecular weight is 515 g/mol. The summed E-state index contributed by atoms with van der Waals surface area (Å²) in [4.78, 5) is 25.1. The van der Waals surface area contributed by atoms with Crippen molar-refractivity contribution in [2.45, 2.75) is 89.3 Å². The maximum absolute atomic E-state index is 12.8. The highest BCUT2D eigenvalue weighted by molar-refractivity contribution is 7.70. The minimum Gasteiger partial charge on any atom is -0.446 e. The van der Waals surface area contributed by atoms with Gasteiger partial charge in [-0.05, 0) is 84.8 Å². The lowest BCUT2D eigenvalue weighted by Crippen LogP contribution is -2.36. The Morgan fingerprint density at radius 3 is 2.56 bits per heavy atom. The van der Waals surface area contributed by atoms with Gasteiger partial charge in [0.05, 0.1) is 12.0 Å². The largest absolute Gasteiger partial charge is 0.446 e. The predicted octanol–water partition coefficient (Wildman–Crippen LogP) is 4.98. The summed E-state index contributed by atoms with van der Waals surface area (Å²) in [5.41, 5.74) is 1.49. The molecule has 0 saturated heterocycles. The van der Waals surface area contributed by atoms with Gasteiger partial charge < -0.3 is 19.9 Å². The maximum Gasteiger partial charge on any atom is 0.407 e. The van der Waals surface area contributed by atoms with Crippen molar-refractivity contribution in [1.29, 1.82) is 0 Å². The highest BCUT2D eigenvalue weighted by atomic mass is 31.2. The van der Waals surface area contributed by atoms with Crippen molar-refractivity contribution in [3.05, 3.63) is 41.6 Å². The predicted molar refractivity (Wildman–Crippen MR) is 143 cm³/mol. The lowest BCUT2D eigenvalue weighted by atomic mass is 10.0. The molecule has 9 heteroatoms. The number of ether oxygens (including phenoxy) is 1. The van der Waals surface area contributed by atoms with E-state index >= 15 is 0 Å². The molecule has 1 heterocycles. The molecule has 2 aromatic rings. The number of amides is 2. The molecule has 8 nitrogen and oxygen atoms in total. The van der Waals surface area contributed by atoms with Crippen molar-refractivity contribution in [3.63, 3.8) is 0 Å². The van der Waals surface area contributed by atoms with E-state index in [4.69, 9.17) is 9.84 Å². The highest BCUT2D eigenvalue weighted by Gasteiger charge is 2.40. The Hall–Kier alpha value is -2.60. The number of anilines is 1. The van der Waals surface area contributed by atoms with E-state index in [1.807, 2.05) is 41.9 Å². The lowest BCUT2D eigenvalue weighted by Gasteiger charge is -2.24. The molecule has 0 aliphatic heterocycles. The van der Waals surface area contributed by atoms with E-state index in [-0.39, 0.29) is 41.5 Å². The Labute approximate surface area is 213 Å². The van der Waals surface area contributed by atoms with E-state index in [1.54, 1.807) is 13.3 Å². The summed E-state index contributed by atoms with van der Waals surface area (Å²) in [5, 5.41) is 11.4. The second-order valence-corrected chi connectivity index (χ2v) is 15.2. The summed E-state index contributed by atoms with van der Waals surface area (Å²) in [6.07, 6.45) is 4.16. The molecule has 196 valence electrons. The fourth-order valence-corrected chi connectivity index (χ4v) is 5.64. The van der Waals surface area contributed by atoms with Crippen molar-refractivity contribution in [3.8, 4) is 0 Å². The molecule has 2 aliphatic carbocycles. The van der Waals surface area contributed by atoms with Crippen LogP contribution in [0, 0.1) is 0 Å². The van der Waals surface area contributed by atoms with Crippen LogP contribution >= 0.6 is 7.14 Å². The van der Waals surface area contributed by atoms with Crippen LogP contribution in [0.4, 0.5) is 10.6 Å². The van der Waals surface area contributed by atoms with Gasteiger partial charge in [-0.15, -0.1) is 0 Å². The topological polar surface area (TPSA) is 102 Å². The number of hydrogen-bond donors (Lipinski definition) is 2. The van der Waals surface area contributed by atoms with Gasteiger partial charge in [-0.3, -0.25) is 9.48 Å². The van der Waals surface area contributed by atoms with E-state index < -0.39 is 7.14 Å². The molecule has 2 N–H and O–H groups in total. The van der Waals surface area contributed by atoms with Gasteiger partial charge in [0.1, 0.15) is 13.2 Å². The van der Waals surface area contributed by atoms with Crippen LogP contribution in [0.5, 0.6) is 0 Å². The van der Waals surface area contributed by atoms with Gasteiger partial charge in [-0.25, -0.2) is 4.79 Å². The molecule has 1 aromatic carbocycles. The summed E-state index contributed by atoms with van der Waals surface area (Å²) >= 11 is 0. The number of alkyl carbamates (subject to hydrolysis) is 1. The first-order chi connectivity index (χ1) is 16.7. The van der Waals surface area contributed by atoms with E-state index in [0.717, 1.165) is 48.7 Å². The van der Waals surface area contributed by atoms with E-state index in [1.165, 1.54) is 0 Å². The van der Waals surface area contributed by atoms with Crippen LogP contribution in [0.25, 0.3) is 0 Å². The third kappa shape index (κ3) is 6.58. The summed E-state index contributed by atoms with van der Waals surface area (Å²) in [7, 11) is -2.39. The normalized spacial score (nSPS) is 21.2. The first-order valence-electron chi connectivity index (χ1n) is 12.8. The molecule has 2 amide bonds. The van der Waals surface area contributed by atoms with Crippen LogP contribution < -0.4 is 15.9 Å². The van der Waals surface area contributed by atoms with Gasteiger partial charge in [0.25, 0.3) is 0 Å². The molecule has 1 aromatic heterocycles. The number of aromatic nitrogens is 2. The van der Waals surface area contributed by atoms with Crippen LogP contribution in [0.1, 0.15) is 77.0 Å². The van der Waals surface area contributed by atoms with E-state index in [2.05, 4.69) is 31.4 Å². The molecule has 2 fully saturated rings. The Kier molecular flexibility index (Phi) is 7.13. The number of nitrogens with one attached hydrogen (secondary N) is 2. The fraction of sp³-hybridized carbons (Fsp3) is 0.593. The minimum absolute atomic E-state index is 0.0961. The second kappa shape index (κ2) is 9.70. The molecule has 2 saturated carbocycles. The first kappa shape index (κ1) is 26.5. The number of rotatable bonds is 7. The quantitative estimate of drug-likeness (QED) is 0.507. The average Bonchev–Trinajstić information content (AvgIpc) is 3.12. The summed E-state index contributed by atoms with van der Waals surface area (Å²) < 4.78 is 20.1. The third-order valence-electron chi connectivity index (χ3n) is 7.02. The number of carbonyl (C=O) groups is 2. The molecule has 2 atom stereocenters. The van der Waals surface area contributed by atoms with Crippen molar-refractivity contribution in [2.24, 2.45) is 0 Å². The summed E-state index contributed by atoms with van der Waals surface area (Å²) in [6, 6.07) is 9.35. The second-order valence-electron chi connectivity index (χ2n) is 12.0. The van der Waals surface area contributed by atoms with Gasteiger partial charge in [-0.2, -0.15) is 5.10 Å². The van der Waals surface area contributed by atoms with Crippen molar-refractivity contribution in [1.82, 2.24) is 15.1 Å². The van der Waals surface area contributed by atoms with E-state index in [9.17, 15) is 14.2 Å². The smallest absolute Gasteiger partial charge is 0.407 e. The lowest BCUT2D eigenvalue weighted by molar-refractivity contribution is -0.115. The Balaban J connectivity index is 1.43. The molecule has 0 spiro atoms. The number of nitrogens with zero attached hydrogens (tertiary/aromatic N) is 2. The van der Waals surface area contributed by atoms with Crippen molar-refractivity contribution in [2.75, 3.05) is 18.6 Å². The van der Waals surface area contributed by atoms with Gasteiger partial charge >= 0.3 is 6.09 Å². The van der Waals surface area contributed by atoms with E-state index in [0.29, 0.717) is 5.82 Å². The van der Waals surface area contributed by atoms with Crippen molar-refractivity contribution < 1.29 is 18.9 Å². The SMILES string of the molecule is CC1(NC(=O)OC2CCC(c3cc(NC(=O)Cc4cccc(P(C)(C)=O)c4)nn3C(C)(C)C)C2)CC1. The Morgan fingerprint density at radius 2 is 1.92 bits per heavy atom. The van der Waals surface area contributed by atoms with Gasteiger partial charge in [-0.1, -0.05) is 18.2 Å². The minimum atomic E-state index is -2.39. The number of benzene rings is 1. The molecular weight excluding hydrogens is 475 g/mol. The van der Waals surface area contributed by atoms with Crippen LogP contribution in [-0.2, 0) is 26.1 Å². The zero-order valence-electron chi connectivity index (χ0n) is 22.3. The number of hydrogen-bond acceptors (Lipinski definition) is 5. The monoisotopic (exact) mass is 514 g/mol.